The van der Waals surface area contributed by atoms with E-state index in [-0.39, 0.29) is 12.5 Å². The fraction of sp³-hybridized carbons (Fsp3) is 0.562. The highest BCUT2D eigenvalue weighted by atomic mass is 16.7. The van der Waals surface area contributed by atoms with Crippen molar-refractivity contribution in [3.8, 4) is 0 Å². The van der Waals surface area contributed by atoms with Gasteiger partial charge in [0.2, 0.25) is 0 Å². The van der Waals surface area contributed by atoms with Gasteiger partial charge in [0.1, 0.15) is 0 Å². The number of hydrogen-bond donors (Lipinski definition) is 2. The summed E-state index contributed by atoms with van der Waals surface area (Å²) in [7, 11) is 1.71. The lowest BCUT2D eigenvalue weighted by Crippen LogP contribution is -2.44. The SMILES string of the molecule is CCCC(C)(C)C(=O)OC(O)(CNC)c1ccccc1. The zero-order valence-corrected chi connectivity index (χ0v) is 12.8. The molecule has 1 aromatic rings. The zero-order chi connectivity index (χ0) is 15.2. The lowest BCUT2D eigenvalue weighted by Gasteiger charge is -2.32. The molecule has 1 unspecified atom stereocenters. The summed E-state index contributed by atoms with van der Waals surface area (Å²) in [5.74, 6) is -2.03. The number of ether oxygens (including phenoxy) is 1. The van der Waals surface area contributed by atoms with Crippen LogP contribution in [0.5, 0.6) is 0 Å². The first-order chi connectivity index (χ1) is 9.35. The van der Waals surface area contributed by atoms with Crippen molar-refractivity contribution in [1.82, 2.24) is 5.32 Å². The average Bonchev–Trinajstić information content (AvgIpc) is 2.40. The van der Waals surface area contributed by atoms with Crippen LogP contribution in [0, 0.1) is 5.41 Å². The van der Waals surface area contributed by atoms with Crippen LogP contribution in [0.4, 0.5) is 0 Å². The molecule has 112 valence electrons. The van der Waals surface area contributed by atoms with Gasteiger partial charge in [0.05, 0.1) is 12.0 Å². The summed E-state index contributed by atoms with van der Waals surface area (Å²) in [5, 5.41) is 13.5. The molecule has 20 heavy (non-hydrogen) atoms. The van der Waals surface area contributed by atoms with Crippen LogP contribution in [0.25, 0.3) is 0 Å². The van der Waals surface area contributed by atoms with E-state index < -0.39 is 11.2 Å². The van der Waals surface area contributed by atoms with E-state index in [1.807, 2.05) is 26.8 Å². The van der Waals surface area contributed by atoms with E-state index in [1.165, 1.54) is 0 Å². The van der Waals surface area contributed by atoms with E-state index in [4.69, 9.17) is 4.74 Å². The molecule has 0 aliphatic carbocycles. The Bertz CT molecular complexity index is 431. The molecular formula is C16H25NO3. The second-order valence-electron chi connectivity index (χ2n) is 5.70. The molecule has 0 aliphatic heterocycles. The largest absolute Gasteiger partial charge is 0.427 e. The van der Waals surface area contributed by atoms with Crippen LogP contribution in [0.3, 0.4) is 0 Å². The van der Waals surface area contributed by atoms with Crippen molar-refractivity contribution in [2.24, 2.45) is 5.41 Å². The second kappa shape index (κ2) is 6.86. The van der Waals surface area contributed by atoms with Crippen LogP contribution in [0.1, 0.15) is 39.2 Å². The Kier molecular flexibility index (Phi) is 5.72. The normalized spacial score (nSPS) is 14.7. The Morgan fingerprint density at radius 1 is 1.30 bits per heavy atom. The molecular weight excluding hydrogens is 254 g/mol. The van der Waals surface area contributed by atoms with Gasteiger partial charge < -0.3 is 15.2 Å². The lowest BCUT2D eigenvalue weighted by molar-refractivity contribution is -0.221. The molecule has 0 saturated carbocycles. The fourth-order valence-corrected chi connectivity index (χ4v) is 2.15. The first kappa shape index (κ1) is 16.7. The third kappa shape index (κ3) is 4.05. The van der Waals surface area contributed by atoms with E-state index in [9.17, 15) is 9.90 Å². The van der Waals surface area contributed by atoms with Crippen LogP contribution in [-0.2, 0) is 15.3 Å². The number of benzene rings is 1. The van der Waals surface area contributed by atoms with Crippen molar-refractivity contribution in [3.63, 3.8) is 0 Å². The number of carbonyl (C=O) groups excluding carboxylic acids is 1. The Balaban J connectivity index is 2.95. The minimum Gasteiger partial charge on any atom is -0.427 e. The van der Waals surface area contributed by atoms with Crippen molar-refractivity contribution in [2.75, 3.05) is 13.6 Å². The molecule has 1 aromatic carbocycles. The average molecular weight is 279 g/mol. The van der Waals surface area contributed by atoms with Crippen LogP contribution in [-0.4, -0.2) is 24.7 Å². The summed E-state index contributed by atoms with van der Waals surface area (Å²) in [6, 6.07) is 8.96. The van der Waals surface area contributed by atoms with E-state index >= 15 is 0 Å². The highest BCUT2D eigenvalue weighted by Crippen LogP contribution is 2.30. The molecule has 0 spiro atoms. The molecule has 0 saturated heterocycles. The van der Waals surface area contributed by atoms with Gasteiger partial charge in [-0.2, -0.15) is 0 Å². The first-order valence-corrected chi connectivity index (χ1v) is 7.01. The van der Waals surface area contributed by atoms with Gasteiger partial charge in [0, 0.05) is 5.56 Å². The van der Waals surface area contributed by atoms with Gasteiger partial charge in [-0.3, -0.25) is 4.79 Å². The van der Waals surface area contributed by atoms with Gasteiger partial charge in [-0.05, 0) is 27.3 Å². The van der Waals surface area contributed by atoms with Crippen LogP contribution in [0.15, 0.2) is 30.3 Å². The molecule has 0 radical (unpaired) electrons. The van der Waals surface area contributed by atoms with Crippen LogP contribution >= 0.6 is 0 Å². The topological polar surface area (TPSA) is 58.6 Å². The molecule has 4 nitrogen and oxygen atoms in total. The van der Waals surface area contributed by atoms with E-state index in [2.05, 4.69) is 5.32 Å². The summed E-state index contributed by atoms with van der Waals surface area (Å²) in [4.78, 5) is 12.3. The number of hydrogen-bond acceptors (Lipinski definition) is 4. The molecule has 0 aliphatic rings. The van der Waals surface area contributed by atoms with E-state index in [1.54, 1.807) is 31.3 Å². The van der Waals surface area contributed by atoms with Crippen molar-refractivity contribution in [1.29, 1.82) is 0 Å². The standard InChI is InChI=1S/C16H25NO3/c1-5-11-15(2,3)14(18)20-16(19,12-17-4)13-9-7-6-8-10-13/h6-10,17,19H,5,11-12H2,1-4H3. The molecule has 1 atom stereocenters. The second-order valence-corrected chi connectivity index (χ2v) is 5.70. The predicted molar refractivity (Wildman–Crippen MR) is 79.0 cm³/mol. The molecule has 0 fully saturated rings. The number of likely N-dealkylation sites (N-methyl/N-ethyl adjacent to an activating group) is 1. The highest BCUT2D eigenvalue weighted by molar-refractivity contribution is 5.76. The number of nitrogens with one attached hydrogen (secondary N) is 1. The molecule has 0 amide bonds. The summed E-state index contributed by atoms with van der Waals surface area (Å²) >= 11 is 0. The molecule has 0 bridgehead atoms. The maximum absolute atomic E-state index is 12.3. The van der Waals surface area contributed by atoms with Gasteiger partial charge in [-0.1, -0.05) is 43.7 Å². The van der Waals surface area contributed by atoms with Gasteiger partial charge in [-0.15, -0.1) is 0 Å². The highest BCUT2D eigenvalue weighted by Gasteiger charge is 2.38. The van der Waals surface area contributed by atoms with E-state index in [0.717, 1.165) is 12.8 Å². The van der Waals surface area contributed by atoms with Crippen molar-refractivity contribution in [3.05, 3.63) is 35.9 Å². The minimum atomic E-state index is -1.64. The Morgan fingerprint density at radius 3 is 2.40 bits per heavy atom. The summed E-state index contributed by atoms with van der Waals surface area (Å²) in [6.45, 7) is 5.84. The maximum atomic E-state index is 12.3. The summed E-state index contributed by atoms with van der Waals surface area (Å²) < 4.78 is 5.44. The smallest absolute Gasteiger partial charge is 0.314 e. The van der Waals surface area contributed by atoms with Crippen LogP contribution < -0.4 is 5.32 Å². The number of esters is 1. The van der Waals surface area contributed by atoms with Gasteiger partial charge in [0.15, 0.2) is 0 Å². The molecule has 2 N–H and O–H groups in total. The van der Waals surface area contributed by atoms with Gasteiger partial charge in [-0.25, -0.2) is 0 Å². The molecule has 1 rings (SSSR count). The van der Waals surface area contributed by atoms with Crippen LogP contribution in [0.2, 0.25) is 0 Å². The minimum absolute atomic E-state index is 0.144. The van der Waals surface area contributed by atoms with Crippen molar-refractivity contribution in [2.45, 2.75) is 39.4 Å². The van der Waals surface area contributed by atoms with Crippen molar-refractivity contribution < 1.29 is 14.6 Å². The quantitative estimate of drug-likeness (QED) is 0.594. The molecule has 0 heterocycles. The molecule has 4 heteroatoms. The maximum Gasteiger partial charge on any atom is 0.314 e. The lowest BCUT2D eigenvalue weighted by atomic mass is 9.88. The number of aliphatic hydroxyl groups is 1. The van der Waals surface area contributed by atoms with Gasteiger partial charge in [0.25, 0.3) is 5.79 Å². The van der Waals surface area contributed by atoms with Crippen molar-refractivity contribution >= 4 is 5.97 Å². The van der Waals surface area contributed by atoms with Gasteiger partial charge >= 0.3 is 5.97 Å². The third-order valence-electron chi connectivity index (χ3n) is 3.33. The summed E-state index contributed by atoms with van der Waals surface area (Å²) in [5.41, 5.74) is -0.0411. The number of carbonyl (C=O) groups is 1. The van der Waals surface area contributed by atoms with E-state index in [0.29, 0.717) is 5.56 Å². The number of rotatable bonds is 7. The fourth-order valence-electron chi connectivity index (χ4n) is 2.15. The molecule has 0 aromatic heterocycles. The Labute approximate surface area is 121 Å². The monoisotopic (exact) mass is 279 g/mol. The first-order valence-electron chi connectivity index (χ1n) is 7.01. The summed E-state index contributed by atoms with van der Waals surface area (Å²) in [6.07, 6.45) is 1.61. The predicted octanol–water partition coefficient (Wildman–Crippen LogP) is 2.42. The Morgan fingerprint density at radius 2 is 1.90 bits per heavy atom. The zero-order valence-electron chi connectivity index (χ0n) is 12.8. The third-order valence-corrected chi connectivity index (χ3v) is 3.33. The Hall–Kier alpha value is -1.39.